The van der Waals surface area contributed by atoms with Crippen LogP contribution >= 0.6 is 0 Å². The number of carbonyl (C=O) groups excluding carboxylic acids is 1. The number of ether oxygens (including phenoxy) is 2. The molecule has 2 aliphatic heterocycles. The van der Waals surface area contributed by atoms with Crippen LogP contribution in [0.5, 0.6) is 11.5 Å². The molecule has 6 aromatic rings. The highest BCUT2D eigenvalue weighted by molar-refractivity contribution is 6.20. The zero-order chi connectivity index (χ0) is 43.5. The SMILES string of the molecule is CN(C)CC1CCN(c2c(C(=O)c3cnc4ccc(-c5ccc(OC(F)F)cc5)cc4c3N3CCC(CN(C)C)CC3)cnc3ccc(-c4ccc(OC(F)F)cc4)cc23)CC1. The second-order valence-electron chi connectivity index (χ2n) is 17.0. The van der Waals surface area contributed by atoms with Crippen molar-refractivity contribution in [1.29, 1.82) is 0 Å². The summed E-state index contributed by atoms with van der Waals surface area (Å²) in [4.78, 5) is 34.4. The first kappa shape index (κ1) is 42.9. The van der Waals surface area contributed by atoms with Crippen molar-refractivity contribution in [2.75, 3.05) is 77.3 Å². The highest BCUT2D eigenvalue weighted by Gasteiger charge is 2.31. The van der Waals surface area contributed by atoms with E-state index in [2.05, 4.69) is 57.3 Å². The van der Waals surface area contributed by atoms with Crippen LogP contribution in [0.15, 0.2) is 97.3 Å². The molecule has 0 amide bonds. The highest BCUT2D eigenvalue weighted by atomic mass is 19.3. The number of aromatic nitrogens is 2. The predicted octanol–water partition coefficient (Wildman–Crippen LogP) is 10.1. The third-order valence-corrected chi connectivity index (χ3v) is 12.1. The molecule has 9 nitrogen and oxygen atoms in total. The van der Waals surface area contributed by atoms with Crippen LogP contribution in [0.4, 0.5) is 28.9 Å². The second kappa shape index (κ2) is 18.7. The van der Waals surface area contributed by atoms with E-state index in [1.807, 2.05) is 36.4 Å². The zero-order valence-electron chi connectivity index (χ0n) is 35.5. The van der Waals surface area contributed by atoms with E-state index in [1.165, 1.54) is 24.3 Å². The van der Waals surface area contributed by atoms with Crippen molar-refractivity contribution in [3.05, 3.63) is 108 Å². The first-order chi connectivity index (χ1) is 29.9. The Bertz CT molecular complexity index is 2330. The Labute approximate surface area is 359 Å². The summed E-state index contributed by atoms with van der Waals surface area (Å²) in [6.07, 6.45) is 7.26. The first-order valence-electron chi connectivity index (χ1n) is 21.2. The Morgan fingerprint density at radius 3 is 1.27 bits per heavy atom. The number of hydrogen-bond acceptors (Lipinski definition) is 9. The molecule has 0 N–H and O–H groups in total. The number of halogens is 4. The van der Waals surface area contributed by atoms with E-state index in [0.29, 0.717) is 23.0 Å². The number of pyridine rings is 2. The van der Waals surface area contributed by atoms with Gasteiger partial charge in [0.25, 0.3) is 0 Å². The number of rotatable bonds is 14. The topological polar surface area (TPSA) is 74.3 Å². The molecule has 0 spiro atoms. The molecule has 2 saturated heterocycles. The minimum Gasteiger partial charge on any atom is -0.435 e. The largest absolute Gasteiger partial charge is 0.435 e. The normalized spacial score (nSPS) is 15.5. The van der Waals surface area contributed by atoms with E-state index in [-0.39, 0.29) is 17.3 Å². The number of nitrogens with zero attached hydrogens (tertiary/aromatic N) is 6. The van der Waals surface area contributed by atoms with Crippen molar-refractivity contribution in [2.45, 2.75) is 38.9 Å². The maximum atomic E-state index is 15.5. The van der Waals surface area contributed by atoms with Gasteiger partial charge in [-0.3, -0.25) is 14.8 Å². The van der Waals surface area contributed by atoms with Gasteiger partial charge >= 0.3 is 13.2 Å². The van der Waals surface area contributed by atoms with Crippen LogP contribution in [0, 0.1) is 11.8 Å². The Morgan fingerprint density at radius 2 is 0.935 bits per heavy atom. The highest BCUT2D eigenvalue weighted by Crippen LogP contribution is 2.41. The van der Waals surface area contributed by atoms with E-state index >= 15 is 4.79 Å². The molecule has 2 fully saturated rings. The fourth-order valence-electron chi connectivity index (χ4n) is 9.24. The van der Waals surface area contributed by atoms with Crippen LogP contribution in [0.2, 0.25) is 0 Å². The minimum atomic E-state index is -2.92. The molecule has 324 valence electrons. The van der Waals surface area contributed by atoms with Gasteiger partial charge in [0.2, 0.25) is 0 Å². The number of carbonyl (C=O) groups is 1. The van der Waals surface area contributed by atoms with E-state index < -0.39 is 13.2 Å². The van der Waals surface area contributed by atoms with Gasteiger partial charge in [0.1, 0.15) is 11.5 Å². The molecule has 0 saturated carbocycles. The maximum absolute atomic E-state index is 15.5. The number of ketones is 1. The number of hydrogen-bond donors (Lipinski definition) is 0. The predicted molar refractivity (Wildman–Crippen MR) is 238 cm³/mol. The fraction of sp³-hybridized carbons (Fsp3) is 0.367. The van der Waals surface area contributed by atoms with Crippen molar-refractivity contribution in [2.24, 2.45) is 11.8 Å². The summed E-state index contributed by atoms with van der Waals surface area (Å²) >= 11 is 0. The average molecular weight is 849 g/mol. The number of alkyl halides is 4. The summed E-state index contributed by atoms with van der Waals surface area (Å²) in [7, 11) is 8.38. The molecule has 0 atom stereocenters. The molecule has 2 aromatic heterocycles. The van der Waals surface area contributed by atoms with Crippen LogP contribution < -0.4 is 19.3 Å². The second-order valence-corrected chi connectivity index (χ2v) is 17.0. The number of piperidine rings is 2. The fourth-order valence-corrected chi connectivity index (χ4v) is 9.24. The maximum Gasteiger partial charge on any atom is 0.387 e. The molecule has 4 aromatic carbocycles. The van der Waals surface area contributed by atoms with Crippen LogP contribution in [0.3, 0.4) is 0 Å². The third kappa shape index (κ3) is 9.64. The van der Waals surface area contributed by atoms with Gasteiger partial charge in [-0.2, -0.15) is 17.6 Å². The van der Waals surface area contributed by atoms with Crippen molar-refractivity contribution in [1.82, 2.24) is 19.8 Å². The Kier molecular flexibility index (Phi) is 12.9. The summed E-state index contributed by atoms with van der Waals surface area (Å²) in [6.45, 7) is -0.833. The molecule has 0 aliphatic carbocycles. The van der Waals surface area contributed by atoms with Crippen LogP contribution in [-0.4, -0.2) is 106 Å². The molecule has 8 rings (SSSR count). The quantitative estimate of drug-likeness (QED) is 0.0787. The monoisotopic (exact) mass is 848 g/mol. The minimum absolute atomic E-state index is 0.0755. The van der Waals surface area contributed by atoms with Gasteiger partial charge in [-0.05, 0) is 136 Å². The molecular weight excluding hydrogens is 797 g/mol. The van der Waals surface area contributed by atoms with E-state index in [1.54, 1.807) is 36.7 Å². The van der Waals surface area contributed by atoms with Gasteiger partial charge in [-0.15, -0.1) is 0 Å². The Hall–Kier alpha value is -5.79. The molecule has 0 bridgehead atoms. The van der Waals surface area contributed by atoms with E-state index in [4.69, 9.17) is 9.97 Å². The lowest BCUT2D eigenvalue weighted by molar-refractivity contribution is -0.0505. The summed E-state index contributed by atoms with van der Waals surface area (Å²) in [5, 5.41) is 1.65. The van der Waals surface area contributed by atoms with Gasteiger partial charge in [-0.25, -0.2) is 0 Å². The molecule has 4 heterocycles. The van der Waals surface area contributed by atoms with E-state index in [0.717, 1.165) is 120 Å². The lowest BCUT2D eigenvalue weighted by Crippen LogP contribution is -2.38. The third-order valence-electron chi connectivity index (χ3n) is 12.1. The van der Waals surface area contributed by atoms with Crippen molar-refractivity contribution >= 4 is 39.0 Å². The van der Waals surface area contributed by atoms with Crippen molar-refractivity contribution < 1.29 is 31.8 Å². The molecular formula is C49H52F4N6O3. The van der Waals surface area contributed by atoms with Crippen LogP contribution in [0.1, 0.15) is 41.6 Å². The Balaban J connectivity index is 1.25. The average Bonchev–Trinajstić information content (AvgIpc) is 3.25. The summed E-state index contributed by atoms with van der Waals surface area (Å²) in [6, 6.07) is 25.0. The number of fused-ring (bicyclic) bond motifs is 2. The number of benzene rings is 4. The molecule has 0 unspecified atom stereocenters. The zero-order valence-corrected chi connectivity index (χ0v) is 35.5. The summed E-state index contributed by atoms with van der Waals surface area (Å²) in [5.41, 5.74) is 7.41. The first-order valence-corrected chi connectivity index (χ1v) is 21.2. The standard InChI is InChI=1S/C49H52F4N6O3/c1-56(2)29-31-17-21-58(22-18-31)45-39-25-35(33-5-11-37(12-6-33)61-48(50)51)9-15-43(39)54-27-41(45)47(60)42-28-55-44-16-10-36(34-7-13-38(14-8-34)62-49(52)53)26-40(44)46(42)59-23-19-32(20-24-59)30-57(3)4/h5-16,25-28,31-32,48-49H,17-24,29-30H2,1-4H3. The smallest absolute Gasteiger partial charge is 0.387 e. The van der Waals surface area contributed by atoms with Gasteiger partial charge in [0.15, 0.2) is 5.78 Å². The lowest BCUT2D eigenvalue weighted by Gasteiger charge is -2.37. The van der Waals surface area contributed by atoms with Crippen molar-refractivity contribution in [3.8, 4) is 33.8 Å². The molecule has 0 radical (unpaired) electrons. The lowest BCUT2D eigenvalue weighted by atomic mass is 9.91. The Morgan fingerprint density at radius 1 is 0.581 bits per heavy atom. The molecule has 2 aliphatic rings. The van der Waals surface area contributed by atoms with Crippen LogP contribution in [-0.2, 0) is 0 Å². The van der Waals surface area contributed by atoms with Gasteiger partial charge in [0, 0.05) is 62.4 Å². The van der Waals surface area contributed by atoms with Gasteiger partial charge in [-0.1, -0.05) is 36.4 Å². The molecule has 62 heavy (non-hydrogen) atoms. The van der Waals surface area contributed by atoms with Gasteiger partial charge in [0.05, 0.1) is 33.5 Å². The van der Waals surface area contributed by atoms with Gasteiger partial charge < -0.3 is 29.1 Å². The summed E-state index contributed by atoms with van der Waals surface area (Å²) < 4.78 is 61.0. The van der Waals surface area contributed by atoms with Crippen LogP contribution in [0.25, 0.3) is 44.1 Å². The van der Waals surface area contributed by atoms with Crippen molar-refractivity contribution in [3.63, 3.8) is 0 Å². The molecule has 13 heteroatoms. The number of anilines is 2. The van der Waals surface area contributed by atoms with E-state index in [9.17, 15) is 17.6 Å². The summed E-state index contributed by atoms with van der Waals surface area (Å²) in [5.74, 6) is 1.01.